The number of urea groups is 1. The molecule has 1 aliphatic rings. The lowest BCUT2D eigenvalue weighted by atomic mass is 10.1. The molecule has 0 saturated carbocycles. The van der Waals surface area contributed by atoms with Crippen molar-refractivity contribution in [2.45, 2.75) is 45.7 Å². The van der Waals surface area contributed by atoms with Gasteiger partial charge in [0.15, 0.2) is 0 Å². The largest absolute Gasteiger partial charge is 0.336 e. The molecule has 5 nitrogen and oxygen atoms in total. The highest BCUT2D eigenvalue weighted by molar-refractivity contribution is 5.74. The third kappa shape index (κ3) is 4.19. The maximum absolute atomic E-state index is 11.8. The highest BCUT2D eigenvalue weighted by atomic mass is 16.2. The molecular formula is C13H24N4O. The Hall–Kier alpha value is -1.28. The van der Waals surface area contributed by atoms with Crippen molar-refractivity contribution in [3.8, 4) is 6.07 Å². The zero-order valence-electron chi connectivity index (χ0n) is 11.6. The number of carbonyl (C=O) groups excluding carboxylic acids is 1. The van der Waals surface area contributed by atoms with E-state index in [1.165, 1.54) is 0 Å². The second-order valence-electron chi connectivity index (χ2n) is 5.06. The first kappa shape index (κ1) is 14.8. The molecule has 18 heavy (non-hydrogen) atoms. The molecule has 5 heteroatoms. The predicted molar refractivity (Wildman–Crippen MR) is 71.1 cm³/mol. The number of nitriles is 1. The van der Waals surface area contributed by atoms with Crippen LogP contribution in [0.15, 0.2) is 0 Å². The molecule has 1 atom stereocenters. The van der Waals surface area contributed by atoms with Gasteiger partial charge in [0.1, 0.15) is 0 Å². The molecule has 2 amide bonds. The smallest absolute Gasteiger partial charge is 0.317 e. The fraction of sp³-hybridized carbons (Fsp3) is 0.846. The summed E-state index contributed by atoms with van der Waals surface area (Å²) in [6.45, 7) is 9.02. The molecule has 1 saturated heterocycles. The van der Waals surface area contributed by atoms with Gasteiger partial charge in [-0.1, -0.05) is 13.3 Å². The predicted octanol–water partition coefficient (Wildman–Crippen LogP) is 1.41. The van der Waals surface area contributed by atoms with Gasteiger partial charge in [0.05, 0.1) is 12.1 Å². The Bertz CT molecular complexity index is 303. The molecule has 0 aliphatic carbocycles. The second kappa shape index (κ2) is 7.22. The number of hydrogen-bond acceptors (Lipinski definition) is 3. The molecule has 1 heterocycles. The normalized spacial score (nSPS) is 18.5. The topological polar surface area (TPSA) is 59.4 Å². The van der Waals surface area contributed by atoms with Crippen LogP contribution >= 0.6 is 0 Å². The Balaban J connectivity index is 2.41. The summed E-state index contributed by atoms with van der Waals surface area (Å²) in [6.07, 6.45) is 1.93. The van der Waals surface area contributed by atoms with Gasteiger partial charge in [0.2, 0.25) is 0 Å². The zero-order chi connectivity index (χ0) is 13.5. The van der Waals surface area contributed by atoms with Gasteiger partial charge < -0.3 is 10.2 Å². The maximum atomic E-state index is 11.8. The first-order valence-electron chi connectivity index (χ1n) is 6.77. The van der Waals surface area contributed by atoms with Crippen LogP contribution in [0.5, 0.6) is 0 Å². The summed E-state index contributed by atoms with van der Waals surface area (Å²) in [7, 11) is 0. The number of hydrogen-bond donors (Lipinski definition) is 1. The van der Waals surface area contributed by atoms with E-state index in [0.717, 1.165) is 25.9 Å². The Morgan fingerprint density at radius 3 is 2.39 bits per heavy atom. The average Bonchev–Trinajstić information content (AvgIpc) is 2.35. The van der Waals surface area contributed by atoms with Crippen molar-refractivity contribution >= 4 is 6.03 Å². The van der Waals surface area contributed by atoms with Gasteiger partial charge >= 0.3 is 6.03 Å². The molecule has 1 rings (SSSR count). The van der Waals surface area contributed by atoms with Crippen molar-refractivity contribution in [2.75, 3.05) is 26.2 Å². The minimum absolute atomic E-state index is 0.00492. The first-order chi connectivity index (χ1) is 8.58. The van der Waals surface area contributed by atoms with Crippen molar-refractivity contribution < 1.29 is 4.79 Å². The molecule has 1 aliphatic heterocycles. The third-order valence-electron chi connectivity index (χ3n) is 3.17. The Labute approximate surface area is 110 Å². The number of nitrogens with zero attached hydrogens (tertiary/aromatic N) is 3. The molecule has 0 spiro atoms. The van der Waals surface area contributed by atoms with Crippen molar-refractivity contribution in [1.29, 1.82) is 5.26 Å². The average molecular weight is 252 g/mol. The van der Waals surface area contributed by atoms with Crippen LogP contribution < -0.4 is 5.32 Å². The Kier molecular flexibility index (Phi) is 5.93. The third-order valence-corrected chi connectivity index (χ3v) is 3.17. The highest BCUT2D eigenvalue weighted by Crippen LogP contribution is 2.10. The van der Waals surface area contributed by atoms with E-state index < -0.39 is 0 Å². The summed E-state index contributed by atoms with van der Waals surface area (Å²) < 4.78 is 0. The van der Waals surface area contributed by atoms with Gasteiger partial charge in [-0.15, -0.1) is 0 Å². The summed E-state index contributed by atoms with van der Waals surface area (Å²) in [5.41, 5.74) is 0. The molecule has 0 radical (unpaired) electrons. The highest BCUT2D eigenvalue weighted by Gasteiger charge is 2.25. The quantitative estimate of drug-likeness (QED) is 0.823. The Morgan fingerprint density at radius 2 is 1.94 bits per heavy atom. The van der Waals surface area contributed by atoms with Gasteiger partial charge in [-0.3, -0.25) is 4.90 Å². The van der Waals surface area contributed by atoms with Crippen LogP contribution in [0.2, 0.25) is 0 Å². The Morgan fingerprint density at radius 1 is 1.33 bits per heavy atom. The number of piperazine rings is 1. The molecule has 102 valence electrons. The van der Waals surface area contributed by atoms with Crippen LogP contribution in [0.1, 0.15) is 33.6 Å². The van der Waals surface area contributed by atoms with Gasteiger partial charge in [0.25, 0.3) is 0 Å². The summed E-state index contributed by atoms with van der Waals surface area (Å²) >= 11 is 0. The monoisotopic (exact) mass is 252 g/mol. The van der Waals surface area contributed by atoms with Crippen LogP contribution in [0.4, 0.5) is 4.79 Å². The molecule has 1 fully saturated rings. The summed E-state index contributed by atoms with van der Waals surface area (Å²) in [5, 5.41) is 12.0. The van der Waals surface area contributed by atoms with Gasteiger partial charge in [-0.25, -0.2) is 4.79 Å². The van der Waals surface area contributed by atoms with Crippen molar-refractivity contribution in [1.82, 2.24) is 15.1 Å². The lowest BCUT2D eigenvalue weighted by Gasteiger charge is -2.37. The molecule has 0 aromatic rings. The maximum Gasteiger partial charge on any atom is 0.317 e. The number of amides is 2. The number of nitrogens with one attached hydrogen (secondary N) is 1. The van der Waals surface area contributed by atoms with Gasteiger partial charge in [0, 0.05) is 32.2 Å². The lowest BCUT2D eigenvalue weighted by molar-refractivity contribution is 0.120. The van der Waals surface area contributed by atoms with Crippen LogP contribution in [0.25, 0.3) is 0 Å². The van der Waals surface area contributed by atoms with Crippen LogP contribution in [0.3, 0.4) is 0 Å². The van der Waals surface area contributed by atoms with E-state index >= 15 is 0 Å². The van der Waals surface area contributed by atoms with Crippen LogP contribution in [-0.2, 0) is 0 Å². The number of carbonyl (C=O) groups is 1. The van der Waals surface area contributed by atoms with E-state index in [9.17, 15) is 4.79 Å². The van der Waals surface area contributed by atoms with E-state index in [0.29, 0.717) is 13.1 Å². The van der Waals surface area contributed by atoms with Crippen LogP contribution in [-0.4, -0.2) is 54.1 Å². The van der Waals surface area contributed by atoms with Crippen molar-refractivity contribution in [3.05, 3.63) is 0 Å². The molecule has 0 bridgehead atoms. The van der Waals surface area contributed by atoms with E-state index in [2.05, 4.69) is 23.2 Å². The molecular weight excluding hydrogens is 228 g/mol. The van der Waals surface area contributed by atoms with E-state index in [-0.39, 0.29) is 18.1 Å². The minimum atomic E-state index is 0.00492. The van der Waals surface area contributed by atoms with E-state index in [1.807, 2.05) is 18.7 Å². The fourth-order valence-corrected chi connectivity index (χ4v) is 2.18. The molecule has 0 aromatic carbocycles. The van der Waals surface area contributed by atoms with Gasteiger partial charge in [-0.2, -0.15) is 5.26 Å². The second-order valence-corrected chi connectivity index (χ2v) is 5.06. The van der Waals surface area contributed by atoms with Crippen LogP contribution in [0, 0.1) is 11.3 Å². The fourth-order valence-electron chi connectivity index (χ4n) is 2.18. The zero-order valence-corrected chi connectivity index (χ0v) is 11.6. The SMILES string of the molecule is CCCC(C#N)N1CCN(C(=O)NC(C)C)CC1. The van der Waals surface area contributed by atoms with E-state index in [1.54, 1.807) is 0 Å². The van der Waals surface area contributed by atoms with Gasteiger partial charge in [-0.05, 0) is 20.3 Å². The first-order valence-corrected chi connectivity index (χ1v) is 6.77. The molecule has 0 aromatic heterocycles. The summed E-state index contributed by atoms with van der Waals surface area (Å²) in [5.74, 6) is 0. The van der Waals surface area contributed by atoms with E-state index in [4.69, 9.17) is 5.26 Å². The summed E-state index contributed by atoms with van der Waals surface area (Å²) in [6, 6.07) is 2.54. The standard InChI is InChI=1S/C13H24N4O/c1-4-5-12(10-14)16-6-8-17(9-7-16)13(18)15-11(2)3/h11-12H,4-9H2,1-3H3,(H,15,18). The minimum Gasteiger partial charge on any atom is -0.336 e. The van der Waals surface area contributed by atoms with Crippen molar-refractivity contribution in [3.63, 3.8) is 0 Å². The number of rotatable bonds is 4. The molecule has 1 N–H and O–H groups in total. The lowest BCUT2D eigenvalue weighted by Crippen LogP contribution is -2.54. The summed E-state index contributed by atoms with van der Waals surface area (Å²) in [4.78, 5) is 15.8. The molecule has 1 unspecified atom stereocenters. The van der Waals surface area contributed by atoms with Crippen molar-refractivity contribution in [2.24, 2.45) is 0 Å².